The molecule has 0 unspecified atom stereocenters. The first-order valence-corrected chi connectivity index (χ1v) is 7.82. The van der Waals surface area contributed by atoms with Crippen LogP contribution in [0.15, 0.2) is 47.5 Å². The summed E-state index contributed by atoms with van der Waals surface area (Å²) >= 11 is 11.5. The van der Waals surface area contributed by atoms with Gasteiger partial charge in [-0.3, -0.25) is 0 Å². The second kappa shape index (κ2) is 6.30. The zero-order valence-corrected chi connectivity index (χ0v) is 12.7. The number of carbonyl (C=O) groups excluding carboxylic acids is 1. The summed E-state index contributed by atoms with van der Waals surface area (Å²) in [6.07, 6.45) is 1.38. The molecule has 0 spiro atoms. The molecule has 21 heavy (non-hydrogen) atoms. The van der Waals surface area contributed by atoms with Gasteiger partial charge in [-0.2, -0.15) is 0 Å². The summed E-state index contributed by atoms with van der Waals surface area (Å²) in [6, 6.07) is 7.70. The standard InChI is InChI=1S/C12H9Cl2N3O3S/c13-9-3-1-2-4-10(9)21(19,20)17-12(18)16-8-5-6-15-11(14)7-8/h1-7H,(H2,15,16,17,18). The minimum atomic E-state index is -4.06. The van der Waals surface area contributed by atoms with E-state index < -0.39 is 16.1 Å². The Balaban J connectivity index is 2.14. The topological polar surface area (TPSA) is 88.2 Å². The number of rotatable bonds is 3. The van der Waals surface area contributed by atoms with Crippen LogP contribution in [0.3, 0.4) is 0 Å². The van der Waals surface area contributed by atoms with Gasteiger partial charge in [0.05, 0.1) is 5.02 Å². The van der Waals surface area contributed by atoms with Gasteiger partial charge in [0.25, 0.3) is 10.0 Å². The van der Waals surface area contributed by atoms with Crippen molar-refractivity contribution in [1.29, 1.82) is 0 Å². The highest BCUT2D eigenvalue weighted by Gasteiger charge is 2.20. The Morgan fingerprint density at radius 3 is 2.52 bits per heavy atom. The van der Waals surface area contributed by atoms with Crippen molar-refractivity contribution < 1.29 is 13.2 Å². The van der Waals surface area contributed by atoms with Crippen LogP contribution in [0.2, 0.25) is 10.2 Å². The molecule has 6 nitrogen and oxygen atoms in total. The number of pyridine rings is 1. The first-order valence-electron chi connectivity index (χ1n) is 5.58. The highest BCUT2D eigenvalue weighted by molar-refractivity contribution is 7.90. The van der Waals surface area contributed by atoms with Gasteiger partial charge in [0.1, 0.15) is 10.0 Å². The van der Waals surface area contributed by atoms with Gasteiger partial charge >= 0.3 is 6.03 Å². The molecule has 0 aliphatic carbocycles. The van der Waals surface area contributed by atoms with E-state index in [1.807, 2.05) is 4.72 Å². The zero-order valence-electron chi connectivity index (χ0n) is 10.4. The molecule has 0 saturated carbocycles. The highest BCUT2D eigenvalue weighted by atomic mass is 35.5. The molecular formula is C12H9Cl2N3O3S. The first kappa shape index (κ1) is 15.6. The predicted molar refractivity (Wildman–Crippen MR) is 80.0 cm³/mol. The van der Waals surface area contributed by atoms with Crippen molar-refractivity contribution in [2.24, 2.45) is 0 Å². The number of amides is 2. The lowest BCUT2D eigenvalue weighted by molar-refractivity contribution is 0.256. The monoisotopic (exact) mass is 345 g/mol. The Hall–Kier alpha value is -1.83. The SMILES string of the molecule is O=C(Nc1ccnc(Cl)c1)NS(=O)(=O)c1ccccc1Cl. The molecule has 9 heteroatoms. The minimum absolute atomic E-state index is 0.0183. The molecule has 0 atom stereocenters. The van der Waals surface area contributed by atoms with Crippen LogP contribution in [0.5, 0.6) is 0 Å². The van der Waals surface area contributed by atoms with Crippen LogP contribution in [-0.2, 0) is 10.0 Å². The fraction of sp³-hybridized carbons (Fsp3) is 0. The number of halogens is 2. The van der Waals surface area contributed by atoms with E-state index in [4.69, 9.17) is 23.2 Å². The number of sulfonamides is 1. The lowest BCUT2D eigenvalue weighted by atomic mass is 10.4. The number of aromatic nitrogens is 1. The molecule has 1 aromatic heterocycles. The Kier molecular flexibility index (Phi) is 4.66. The summed E-state index contributed by atoms with van der Waals surface area (Å²) in [7, 11) is -4.06. The van der Waals surface area contributed by atoms with Crippen molar-refractivity contribution in [2.75, 3.05) is 5.32 Å². The normalized spacial score (nSPS) is 11.0. The second-order valence-electron chi connectivity index (χ2n) is 3.86. The predicted octanol–water partition coefficient (Wildman–Crippen LogP) is 2.90. The number of anilines is 1. The first-order chi connectivity index (χ1) is 9.88. The average molecular weight is 346 g/mol. The molecule has 0 aliphatic heterocycles. The van der Waals surface area contributed by atoms with Gasteiger partial charge in [0.2, 0.25) is 0 Å². The molecule has 2 aromatic rings. The molecule has 0 fully saturated rings. The van der Waals surface area contributed by atoms with Crippen LogP contribution in [0.25, 0.3) is 0 Å². The van der Waals surface area contributed by atoms with Crippen molar-refractivity contribution in [3.8, 4) is 0 Å². The van der Waals surface area contributed by atoms with Crippen LogP contribution in [0, 0.1) is 0 Å². The van der Waals surface area contributed by atoms with Crippen molar-refractivity contribution in [1.82, 2.24) is 9.71 Å². The van der Waals surface area contributed by atoms with Gasteiger partial charge < -0.3 is 5.32 Å². The van der Waals surface area contributed by atoms with Crippen LogP contribution < -0.4 is 10.0 Å². The summed E-state index contributed by atoms with van der Waals surface area (Å²) in [4.78, 5) is 15.3. The smallest absolute Gasteiger partial charge is 0.307 e. The van der Waals surface area contributed by atoms with E-state index in [0.29, 0.717) is 5.69 Å². The lowest BCUT2D eigenvalue weighted by Crippen LogP contribution is -2.34. The fourth-order valence-corrected chi connectivity index (χ4v) is 3.08. The molecule has 0 radical (unpaired) electrons. The quantitative estimate of drug-likeness (QED) is 0.837. The van der Waals surface area contributed by atoms with Gasteiger partial charge in [-0.25, -0.2) is 22.9 Å². The largest absolute Gasteiger partial charge is 0.333 e. The maximum Gasteiger partial charge on any atom is 0.333 e. The number of urea groups is 1. The van der Waals surface area contributed by atoms with Crippen LogP contribution >= 0.6 is 23.2 Å². The van der Waals surface area contributed by atoms with Crippen LogP contribution in [-0.4, -0.2) is 19.4 Å². The molecule has 110 valence electrons. The summed E-state index contributed by atoms with van der Waals surface area (Å²) in [5.74, 6) is 0. The van der Waals surface area contributed by atoms with Gasteiger partial charge in [-0.15, -0.1) is 0 Å². The van der Waals surface area contributed by atoms with E-state index >= 15 is 0 Å². The average Bonchev–Trinajstić information content (AvgIpc) is 2.38. The Labute approximate surface area is 131 Å². The number of carbonyl (C=O) groups is 1. The van der Waals surface area contributed by atoms with E-state index in [2.05, 4.69) is 10.3 Å². The molecule has 1 aromatic carbocycles. The summed E-state index contributed by atoms with van der Waals surface area (Å²) < 4.78 is 25.9. The summed E-state index contributed by atoms with van der Waals surface area (Å²) in [5.41, 5.74) is 0.307. The minimum Gasteiger partial charge on any atom is -0.307 e. The molecule has 1 heterocycles. The van der Waals surface area contributed by atoms with E-state index in [-0.39, 0.29) is 15.1 Å². The Morgan fingerprint density at radius 1 is 1.14 bits per heavy atom. The number of nitrogens with one attached hydrogen (secondary N) is 2. The fourth-order valence-electron chi connectivity index (χ4n) is 1.48. The molecule has 0 saturated heterocycles. The third kappa shape index (κ3) is 4.07. The maximum atomic E-state index is 12.0. The molecule has 2 amide bonds. The Bertz CT molecular complexity index is 781. The molecule has 0 bridgehead atoms. The molecule has 2 rings (SSSR count). The second-order valence-corrected chi connectivity index (χ2v) is 6.30. The number of hydrogen-bond acceptors (Lipinski definition) is 4. The zero-order chi connectivity index (χ0) is 15.5. The molecular weight excluding hydrogens is 337 g/mol. The van der Waals surface area contributed by atoms with Crippen LogP contribution in [0.4, 0.5) is 10.5 Å². The van der Waals surface area contributed by atoms with Gasteiger partial charge in [-0.05, 0) is 24.3 Å². The van der Waals surface area contributed by atoms with E-state index in [1.54, 1.807) is 6.07 Å². The van der Waals surface area contributed by atoms with E-state index in [0.717, 1.165) is 0 Å². The Morgan fingerprint density at radius 2 is 1.86 bits per heavy atom. The summed E-state index contributed by atoms with van der Waals surface area (Å²) in [6.45, 7) is 0. The van der Waals surface area contributed by atoms with Crippen molar-refractivity contribution in [3.63, 3.8) is 0 Å². The number of hydrogen-bond donors (Lipinski definition) is 2. The van der Waals surface area contributed by atoms with Gasteiger partial charge in [-0.1, -0.05) is 35.3 Å². The molecule has 2 N–H and O–H groups in total. The van der Waals surface area contributed by atoms with Crippen molar-refractivity contribution in [3.05, 3.63) is 52.8 Å². The van der Waals surface area contributed by atoms with Crippen LogP contribution in [0.1, 0.15) is 0 Å². The van der Waals surface area contributed by atoms with E-state index in [1.165, 1.54) is 36.5 Å². The highest BCUT2D eigenvalue weighted by Crippen LogP contribution is 2.20. The maximum absolute atomic E-state index is 12.0. The van der Waals surface area contributed by atoms with Crippen molar-refractivity contribution >= 4 is 44.9 Å². The number of nitrogens with zero attached hydrogens (tertiary/aromatic N) is 1. The lowest BCUT2D eigenvalue weighted by Gasteiger charge is -2.09. The number of benzene rings is 1. The van der Waals surface area contributed by atoms with Gasteiger partial charge in [0.15, 0.2) is 0 Å². The van der Waals surface area contributed by atoms with E-state index in [9.17, 15) is 13.2 Å². The third-order valence-corrected chi connectivity index (χ3v) is 4.38. The molecule has 0 aliphatic rings. The summed E-state index contributed by atoms with van der Waals surface area (Å²) in [5, 5.41) is 2.52. The third-order valence-electron chi connectivity index (χ3n) is 2.34. The van der Waals surface area contributed by atoms with Crippen molar-refractivity contribution in [2.45, 2.75) is 4.90 Å². The van der Waals surface area contributed by atoms with Gasteiger partial charge in [0, 0.05) is 11.9 Å².